The van der Waals surface area contributed by atoms with Crippen LogP contribution in [0.4, 0.5) is 13.2 Å². The summed E-state index contributed by atoms with van der Waals surface area (Å²) in [5.74, 6) is -2.56. The standard InChI is InChI=1S/C21H21ClF3NO3/c1-4-29-19(28)17-15(11-5-7-12(22)8-6-11)16-13(26-18(17)21(23,24)25)9-20(2,3)10-14(16)27/h5-8,15,26H,4,9-10H2,1-3H3/t15-/m1/s1. The zero-order valence-electron chi connectivity index (χ0n) is 16.2. The van der Waals surface area contributed by atoms with Crippen molar-refractivity contribution in [3.05, 3.63) is 57.4 Å². The van der Waals surface area contributed by atoms with Crippen molar-refractivity contribution in [2.24, 2.45) is 5.41 Å². The van der Waals surface area contributed by atoms with Crippen LogP contribution in [0.25, 0.3) is 0 Å². The van der Waals surface area contributed by atoms with Crippen LogP contribution in [-0.2, 0) is 14.3 Å². The van der Waals surface area contributed by atoms with Gasteiger partial charge < -0.3 is 10.1 Å². The predicted octanol–water partition coefficient (Wildman–Crippen LogP) is 5.05. The minimum absolute atomic E-state index is 0.0896. The second-order valence-corrected chi connectivity index (χ2v) is 8.39. The van der Waals surface area contributed by atoms with Crippen LogP contribution in [0.1, 0.15) is 45.1 Å². The third-order valence-corrected chi connectivity index (χ3v) is 5.28. The summed E-state index contributed by atoms with van der Waals surface area (Å²) in [6.45, 7) is 5.07. The van der Waals surface area contributed by atoms with Crippen LogP contribution in [0.3, 0.4) is 0 Å². The van der Waals surface area contributed by atoms with Gasteiger partial charge in [-0.3, -0.25) is 4.79 Å². The summed E-state index contributed by atoms with van der Waals surface area (Å²) in [5.41, 5.74) is -1.52. The lowest BCUT2D eigenvalue weighted by Crippen LogP contribution is -2.42. The van der Waals surface area contributed by atoms with Gasteiger partial charge in [0.1, 0.15) is 5.70 Å². The number of hydrogen-bond donors (Lipinski definition) is 1. The zero-order valence-corrected chi connectivity index (χ0v) is 17.0. The minimum Gasteiger partial charge on any atom is -0.463 e. The molecule has 3 rings (SSSR count). The average molecular weight is 428 g/mol. The normalized spacial score (nSPS) is 21.6. The molecule has 1 atom stereocenters. The average Bonchev–Trinajstić information content (AvgIpc) is 2.59. The molecule has 0 fully saturated rings. The van der Waals surface area contributed by atoms with Crippen molar-refractivity contribution in [1.29, 1.82) is 0 Å². The van der Waals surface area contributed by atoms with E-state index in [1.54, 1.807) is 0 Å². The maximum Gasteiger partial charge on any atom is 0.431 e. The Bertz CT molecular complexity index is 914. The Labute approximate surface area is 171 Å². The van der Waals surface area contributed by atoms with Gasteiger partial charge in [-0.1, -0.05) is 37.6 Å². The molecule has 1 aliphatic heterocycles. The summed E-state index contributed by atoms with van der Waals surface area (Å²) in [6.07, 6.45) is -4.39. The lowest BCUT2D eigenvalue weighted by atomic mass is 9.68. The smallest absolute Gasteiger partial charge is 0.431 e. The molecule has 1 N–H and O–H groups in total. The highest BCUT2D eigenvalue weighted by molar-refractivity contribution is 6.30. The van der Waals surface area contributed by atoms with Crippen molar-refractivity contribution >= 4 is 23.4 Å². The number of dihydropyridines is 1. The van der Waals surface area contributed by atoms with Crippen LogP contribution >= 0.6 is 11.6 Å². The van der Waals surface area contributed by atoms with E-state index in [9.17, 15) is 22.8 Å². The summed E-state index contributed by atoms with van der Waals surface area (Å²) in [7, 11) is 0. The van der Waals surface area contributed by atoms with Crippen LogP contribution in [0, 0.1) is 5.41 Å². The molecule has 4 nitrogen and oxygen atoms in total. The Morgan fingerprint density at radius 3 is 2.41 bits per heavy atom. The number of ether oxygens (including phenoxy) is 1. The number of hydrogen-bond acceptors (Lipinski definition) is 4. The number of carbonyl (C=O) groups excluding carboxylic acids is 2. The van der Waals surface area contributed by atoms with Gasteiger partial charge in [0.25, 0.3) is 0 Å². The van der Waals surface area contributed by atoms with E-state index < -0.39 is 34.7 Å². The quantitative estimate of drug-likeness (QED) is 0.686. The van der Waals surface area contributed by atoms with Gasteiger partial charge >= 0.3 is 12.1 Å². The van der Waals surface area contributed by atoms with E-state index in [0.717, 1.165) is 0 Å². The molecule has 0 spiro atoms. The number of Topliss-reactive ketones (excluding diaryl/α,β-unsaturated/α-hetero) is 1. The Morgan fingerprint density at radius 1 is 1.24 bits per heavy atom. The lowest BCUT2D eigenvalue weighted by molar-refractivity contribution is -0.140. The Morgan fingerprint density at radius 2 is 1.86 bits per heavy atom. The van der Waals surface area contributed by atoms with Crippen LogP contribution in [0.15, 0.2) is 46.8 Å². The van der Waals surface area contributed by atoms with Crippen molar-refractivity contribution in [3.63, 3.8) is 0 Å². The fourth-order valence-electron chi connectivity index (χ4n) is 3.93. The second kappa shape index (κ2) is 7.52. The molecule has 0 unspecified atom stereocenters. The molecule has 0 saturated carbocycles. The molecule has 1 aliphatic carbocycles. The van der Waals surface area contributed by atoms with E-state index in [2.05, 4.69) is 5.32 Å². The number of benzene rings is 1. The highest BCUT2D eigenvalue weighted by Crippen LogP contribution is 2.49. The van der Waals surface area contributed by atoms with Gasteiger partial charge in [0, 0.05) is 28.6 Å². The maximum atomic E-state index is 13.9. The van der Waals surface area contributed by atoms with E-state index in [0.29, 0.717) is 10.6 Å². The largest absolute Gasteiger partial charge is 0.463 e. The summed E-state index contributed by atoms with van der Waals surface area (Å²) in [5, 5.41) is 2.76. The first kappa shape index (κ1) is 21.4. The maximum absolute atomic E-state index is 13.9. The first-order chi connectivity index (χ1) is 13.4. The summed E-state index contributed by atoms with van der Waals surface area (Å²) >= 11 is 5.93. The number of alkyl halides is 3. The van der Waals surface area contributed by atoms with Crippen molar-refractivity contribution in [1.82, 2.24) is 5.32 Å². The van der Waals surface area contributed by atoms with Crippen LogP contribution in [0.2, 0.25) is 5.02 Å². The van der Waals surface area contributed by atoms with Crippen molar-refractivity contribution in [3.8, 4) is 0 Å². The van der Waals surface area contributed by atoms with Crippen LogP contribution in [0.5, 0.6) is 0 Å². The Balaban J connectivity index is 2.28. The monoisotopic (exact) mass is 427 g/mol. The number of allylic oxidation sites excluding steroid dienone is 3. The molecule has 1 aromatic rings. The number of rotatable bonds is 3. The molecule has 0 amide bonds. The molecule has 1 aromatic carbocycles. The van der Waals surface area contributed by atoms with E-state index in [1.807, 2.05) is 13.8 Å². The molecule has 1 heterocycles. The highest BCUT2D eigenvalue weighted by atomic mass is 35.5. The fraction of sp³-hybridized carbons (Fsp3) is 0.429. The third kappa shape index (κ3) is 4.20. The molecule has 0 saturated heterocycles. The number of nitrogens with one attached hydrogen (secondary N) is 1. The van der Waals surface area contributed by atoms with Gasteiger partial charge in [-0.25, -0.2) is 4.79 Å². The fourth-order valence-corrected chi connectivity index (χ4v) is 4.05. The molecule has 8 heteroatoms. The van der Waals surface area contributed by atoms with E-state index >= 15 is 0 Å². The zero-order chi connectivity index (χ0) is 21.6. The van der Waals surface area contributed by atoms with Gasteiger partial charge in [0.05, 0.1) is 12.2 Å². The van der Waals surface area contributed by atoms with Gasteiger partial charge in [-0.15, -0.1) is 0 Å². The minimum atomic E-state index is -4.82. The van der Waals surface area contributed by atoms with Crippen molar-refractivity contribution in [2.45, 2.75) is 45.7 Å². The summed E-state index contributed by atoms with van der Waals surface area (Å²) in [4.78, 5) is 25.6. The predicted molar refractivity (Wildman–Crippen MR) is 102 cm³/mol. The van der Waals surface area contributed by atoms with E-state index in [4.69, 9.17) is 16.3 Å². The molecule has 0 bridgehead atoms. The van der Waals surface area contributed by atoms with Crippen LogP contribution in [-0.4, -0.2) is 24.5 Å². The molecule has 156 valence electrons. The summed E-state index contributed by atoms with van der Waals surface area (Å²) < 4.78 is 46.8. The highest BCUT2D eigenvalue weighted by Gasteiger charge is 2.49. The molecule has 0 radical (unpaired) electrons. The molecular formula is C21H21ClF3NO3. The molecular weight excluding hydrogens is 407 g/mol. The van der Waals surface area contributed by atoms with Crippen LogP contribution < -0.4 is 5.32 Å². The van der Waals surface area contributed by atoms with E-state index in [1.165, 1.54) is 31.2 Å². The summed E-state index contributed by atoms with van der Waals surface area (Å²) in [6, 6.07) is 6.10. The molecule has 0 aromatic heterocycles. The number of halogens is 4. The Hall–Kier alpha value is -2.28. The van der Waals surface area contributed by atoms with Gasteiger partial charge in [-0.05, 0) is 36.5 Å². The van der Waals surface area contributed by atoms with Gasteiger partial charge in [0.15, 0.2) is 5.78 Å². The van der Waals surface area contributed by atoms with Gasteiger partial charge in [-0.2, -0.15) is 13.2 Å². The molecule has 29 heavy (non-hydrogen) atoms. The third-order valence-electron chi connectivity index (χ3n) is 5.02. The Kier molecular flexibility index (Phi) is 5.56. The van der Waals surface area contributed by atoms with Crippen molar-refractivity contribution < 1.29 is 27.5 Å². The number of carbonyl (C=O) groups is 2. The van der Waals surface area contributed by atoms with E-state index in [-0.39, 0.29) is 36.5 Å². The van der Waals surface area contributed by atoms with Crippen molar-refractivity contribution in [2.75, 3.05) is 6.61 Å². The molecule has 2 aliphatic rings. The topological polar surface area (TPSA) is 55.4 Å². The number of ketones is 1. The lowest BCUT2D eigenvalue weighted by Gasteiger charge is -2.40. The first-order valence-electron chi connectivity index (χ1n) is 9.22. The number of esters is 1. The second-order valence-electron chi connectivity index (χ2n) is 7.95. The SMILES string of the molecule is CCOC(=O)C1=C(C(F)(F)F)NC2=C(C(=O)CC(C)(C)C2)[C@H]1c1ccc(Cl)cc1. The first-order valence-corrected chi connectivity index (χ1v) is 9.59. The van der Waals surface area contributed by atoms with Gasteiger partial charge in [0.2, 0.25) is 0 Å².